The van der Waals surface area contributed by atoms with E-state index in [1.165, 1.54) is 0 Å². The number of carbonyl (C=O) groups is 1. The van der Waals surface area contributed by atoms with Gasteiger partial charge >= 0.3 is 0 Å². The van der Waals surface area contributed by atoms with Gasteiger partial charge in [-0.2, -0.15) is 5.10 Å². The predicted molar refractivity (Wildman–Crippen MR) is 73.2 cm³/mol. The van der Waals surface area contributed by atoms with Crippen LogP contribution < -0.4 is 5.32 Å². The van der Waals surface area contributed by atoms with Crippen molar-refractivity contribution < 1.29 is 9.53 Å². The maximum absolute atomic E-state index is 12.0. The molecule has 5 nitrogen and oxygen atoms in total. The monoisotopic (exact) mass is 259 g/mol. The second kappa shape index (κ2) is 6.15. The molecular weight excluding hydrogens is 242 g/mol. The van der Waals surface area contributed by atoms with E-state index in [1.54, 1.807) is 10.7 Å². The fourth-order valence-corrected chi connectivity index (χ4v) is 1.69. The lowest BCUT2D eigenvalue weighted by molar-refractivity contribution is 0.0928. The molecule has 0 saturated heterocycles. The van der Waals surface area contributed by atoms with Crippen LogP contribution >= 0.6 is 0 Å². The normalized spacial score (nSPS) is 10.6. The van der Waals surface area contributed by atoms with Crippen molar-refractivity contribution in [2.45, 2.75) is 6.92 Å². The highest BCUT2D eigenvalue weighted by molar-refractivity contribution is 6.00. The number of fused-ring (bicyclic) bond motifs is 1. The zero-order valence-electron chi connectivity index (χ0n) is 10.9. The Hall–Kier alpha value is -2.14. The van der Waals surface area contributed by atoms with Gasteiger partial charge in [-0.25, -0.2) is 4.52 Å². The summed E-state index contributed by atoms with van der Waals surface area (Å²) in [6.45, 7) is 7.10. The average molecular weight is 259 g/mol. The highest BCUT2D eigenvalue weighted by Crippen LogP contribution is 2.09. The van der Waals surface area contributed by atoms with E-state index < -0.39 is 0 Å². The molecule has 0 fully saturated rings. The lowest BCUT2D eigenvalue weighted by Gasteiger charge is -2.05. The van der Waals surface area contributed by atoms with Gasteiger partial charge in [0.05, 0.1) is 30.5 Å². The number of nitrogens with zero attached hydrogens (tertiary/aromatic N) is 2. The van der Waals surface area contributed by atoms with Crippen molar-refractivity contribution in [2.24, 2.45) is 0 Å². The zero-order valence-corrected chi connectivity index (χ0v) is 10.9. The predicted octanol–water partition coefficient (Wildman–Crippen LogP) is 1.66. The molecule has 0 unspecified atom stereocenters. The molecule has 1 amide bonds. The molecule has 0 radical (unpaired) electrons. The molecule has 2 aromatic heterocycles. The molecule has 100 valence electrons. The van der Waals surface area contributed by atoms with Crippen LogP contribution in [0.15, 0.2) is 42.7 Å². The molecule has 5 heteroatoms. The molecular formula is C14H17N3O2. The van der Waals surface area contributed by atoms with Crippen molar-refractivity contribution in [1.29, 1.82) is 0 Å². The van der Waals surface area contributed by atoms with Crippen molar-refractivity contribution in [3.63, 3.8) is 0 Å². The van der Waals surface area contributed by atoms with Crippen molar-refractivity contribution in [2.75, 3.05) is 19.8 Å². The fraction of sp³-hybridized carbons (Fsp3) is 0.286. The van der Waals surface area contributed by atoms with Crippen LogP contribution in [0.2, 0.25) is 0 Å². The third kappa shape index (κ3) is 3.42. The van der Waals surface area contributed by atoms with Crippen molar-refractivity contribution in [1.82, 2.24) is 14.9 Å². The summed E-state index contributed by atoms with van der Waals surface area (Å²) in [5.74, 6) is -0.139. The molecule has 2 rings (SSSR count). The highest BCUT2D eigenvalue weighted by Gasteiger charge is 2.11. The minimum atomic E-state index is -0.139. The van der Waals surface area contributed by atoms with Crippen LogP contribution in [-0.2, 0) is 4.74 Å². The number of nitrogens with one attached hydrogen (secondary N) is 1. The summed E-state index contributed by atoms with van der Waals surface area (Å²) in [4.78, 5) is 12.0. The van der Waals surface area contributed by atoms with Gasteiger partial charge in [-0.05, 0) is 19.1 Å². The Bertz CT molecular complexity index is 589. The summed E-state index contributed by atoms with van der Waals surface area (Å²) in [5.41, 5.74) is 2.33. The first kappa shape index (κ1) is 13.3. The smallest absolute Gasteiger partial charge is 0.255 e. The average Bonchev–Trinajstić information content (AvgIpc) is 2.81. The number of hydrogen-bond donors (Lipinski definition) is 1. The first-order valence-electron chi connectivity index (χ1n) is 6.11. The maximum atomic E-state index is 12.0. The molecule has 0 aliphatic rings. The fourth-order valence-electron chi connectivity index (χ4n) is 1.69. The van der Waals surface area contributed by atoms with E-state index in [1.807, 2.05) is 31.3 Å². The largest absolute Gasteiger partial charge is 0.375 e. The number of ether oxygens (including phenoxy) is 1. The van der Waals surface area contributed by atoms with Crippen LogP contribution in [0.4, 0.5) is 0 Å². The van der Waals surface area contributed by atoms with E-state index in [0.717, 1.165) is 11.1 Å². The molecule has 19 heavy (non-hydrogen) atoms. The molecule has 0 aromatic carbocycles. The molecule has 0 aliphatic heterocycles. The first-order chi connectivity index (χ1) is 9.18. The third-order valence-corrected chi connectivity index (χ3v) is 2.55. The van der Waals surface area contributed by atoms with E-state index in [-0.39, 0.29) is 5.91 Å². The summed E-state index contributed by atoms with van der Waals surface area (Å²) < 4.78 is 6.99. The molecule has 2 aromatic rings. The van der Waals surface area contributed by atoms with Crippen LogP contribution in [0.3, 0.4) is 0 Å². The standard InChI is InChI=1S/C14H17N3O2/c1-11(2)10-19-8-6-15-14(18)12-9-16-17-7-4-3-5-13(12)17/h3-5,7,9H,1,6,8,10H2,2H3,(H,15,18). The molecule has 0 aliphatic carbocycles. The summed E-state index contributed by atoms with van der Waals surface area (Å²) in [5, 5.41) is 6.92. The van der Waals surface area contributed by atoms with Gasteiger partial charge in [0.15, 0.2) is 0 Å². The van der Waals surface area contributed by atoms with Crippen molar-refractivity contribution in [3.8, 4) is 0 Å². The third-order valence-electron chi connectivity index (χ3n) is 2.55. The van der Waals surface area contributed by atoms with Gasteiger partial charge in [0, 0.05) is 12.7 Å². The molecule has 1 N–H and O–H groups in total. The summed E-state index contributed by atoms with van der Waals surface area (Å²) in [6.07, 6.45) is 3.38. The Balaban J connectivity index is 1.88. The van der Waals surface area contributed by atoms with Crippen molar-refractivity contribution >= 4 is 11.4 Å². The SMILES string of the molecule is C=C(C)COCCNC(=O)c1cnn2ccccc12. The molecule has 0 bridgehead atoms. The lowest BCUT2D eigenvalue weighted by Crippen LogP contribution is -2.27. The maximum Gasteiger partial charge on any atom is 0.255 e. The van der Waals surface area contributed by atoms with E-state index in [9.17, 15) is 4.79 Å². The molecule has 0 atom stereocenters. The van der Waals surface area contributed by atoms with Gasteiger partial charge in [-0.3, -0.25) is 4.79 Å². The minimum absolute atomic E-state index is 0.139. The van der Waals surface area contributed by atoms with Gasteiger partial charge in [-0.15, -0.1) is 0 Å². The number of pyridine rings is 1. The quantitative estimate of drug-likeness (QED) is 0.634. The van der Waals surface area contributed by atoms with Crippen LogP contribution in [0.25, 0.3) is 5.52 Å². The Kier molecular flexibility index (Phi) is 4.30. The second-order valence-corrected chi connectivity index (χ2v) is 4.35. The molecule has 2 heterocycles. The van der Waals surface area contributed by atoms with Gasteiger partial charge in [0.2, 0.25) is 0 Å². The topological polar surface area (TPSA) is 55.6 Å². The van der Waals surface area contributed by atoms with Gasteiger partial charge < -0.3 is 10.1 Å². The minimum Gasteiger partial charge on any atom is -0.375 e. The zero-order chi connectivity index (χ0) is 13.7. The van der Waals surface area contributed by atoms with E-state index in [0.29, 0.717) is 25.3 Å². The summed E-state index contributed by atoms with van der Waals surface area (Å²) in [7, 11) is 0. The second-order valence-electron chi connectivity index (χ2n) is 4.35. The van der Waals surface area contributed by atoms with E-state index in [2.05, 4.69) is 17.0 Å². The Labute approximate surface area is 111 Å². The van der Waals surface area contributed by atoms with E-state index in [4.69, 9.17) is 4.74 Å². The first-order valence-corrected chi connectivity index (χ1v) is 6.11. The highest BCUT2D eigenvalue weighted by atomic mass is 16.5. The Morgan fingerprint density at radius 3 is 3.16 bits per heavy atom. The van der Waals surface area contributed by atoms with Gasteiger partial charge in [0.25, 0.3) is 5.91 Å². The van der Waals surface area contributed by atoms with Crippen LogP contribution in [0.1, 0.15) is 17.3 Å². The number of aromatic nitrogens is 2. The summed E-state index contributed by atoms with van der Waals surface area (Å²) >= 11 is 0. The van der Waals surface area contributed by atoms with Crippen LogP contribution in [-0.4, -0.2) is 35.3 Å². The van der Waals surface area contributed by atoms with Gasteiger partial charge in [-0.1, -0.05) is 18.2 Å². The Morgan fingerprint density at radius 2 is 2.37 bits per heavy atom. The number of rotatable bonds is 6. The summed E-state index contributed by atoms with van der Waals surface area (Å²) in [6, 6.07) is 5.61. The number of amides is 1. The van der Waals surface area contributed by atoms with Crippen molar-refractivity contribution in [3.05, 3.63) is 48.3 Å². The number of hydrogen-bond acceptors (Lipinski definition) is 3. The van der Waals surface area contributed by atoms with Crippen LogP contribution in [0.5, 0.6) is 0 Å². The molecule has 0 saturated carbocycles. The van der Waals surface area contributed by atoms with E-state index >= 15 is 0 Å². The van der Waals surface area contributed by atoms with Gasteiger partial charge in [0.1, 0.15) is 0 Å². The number of carbonyl (C=O) groups excluding carboxylic acids is 1. The lowest BCUT2D eigenvalue weighted by atomic mass is 10.2. The Morgan fingerprint density at radius 1 is 1.53 bits per heavy atom. The molecule has 0 spiro atoms. The van der Waals surface area contributed by atoms with Crippen LogP contribution in [0, 0.1) is 0 Å².